The lowest BCUT2D eigenvalue weighted by Crippen LogP contribution is -2.32. The molecule has 26 heavy (non-hydrogen) atoms. The second-order valence-electron chi connectivity index (χ2n) is 6.72. The third kappa shape index (κ3) is 3.17. The number of fused-ring (bicyclic) bond motifs is 3. The minimum absolute atomic E-state index is 0.00738. The van der Waals surface area contributed by atoms with Crippen molar-refractivity contribution >= 4 is 28.4 Å². The van der Waals surface area contributed by atoms with Crippen LogP contribution in [0.1, 0.15) is 35.7 Å². The van der Waals surface area contributed by atoms with Gasteiger partial charge in [0.15, 0.2) is 0 Å². The van der Waals surface area contributed by atoms with Crippen molar-refractivity contribution in [1.29, 1.82) is 0 Å². The summed E-state index contributed by atoms with van der Waals surface area (Å²) in [4.78, 5) is 16.0. The van der Waals surface area contributed by atoms with E-state index in [0.717, 1.165) is 46.8 Å². The molecule has 1 atom stereocenters. The minimum Gasteiger partial charge on any atom is -0.497 e. The predicted molar refractivity (Wildman–Crippen MR) is 104 cm³/mol. The molecule has 0 unspecified atom stereocenters. The molecule has 4 nitrogen and oxygen atoms in total. The maximum Gasteiger partial charge on any atom is 0.224 e. The Morgan fingerprint density at radius 1 is 1.27 bits per heavy atom. The highest BCUT2D eigenvalue weighted by Gasteiger charge is 2.26. The van der Waals surface area contributed by atoms with Crippen molar-refractivity contribution in [2.75, 3.05) is 7.11 Å². The van der Waals surface area contributed by atoms with E-state index in [2.05, 4.69) is 16.4 Å². The zero-order valence-corrected chi connectivity index (χ0v) is 15.4. The number of amides is 1. The number of carbonyl (C=O) groups excluding carboxylic acids is 1. The zero-order chi connectivity index (χ0) is 18.1. The van der Waals surface area contributed by atoms with E-state index in [-0.39, 0.29) is 11.9 Å². The molecule has 0 bridgehead atoms. The number of hydrogen-bond acceptors (Lipinski definition) is 2. The molecule has 2 aromatic carbocycles. The van der Waals surface area contributed by atoms with Crippen LogP contribution >= 0.6 is 11.6 Å². The number of benzene rings is 2. The summed E-state index contributed by atoms with van der Waals surface area (Å²) in [6.07, 6.45) is 3.36. The number of nitrogens with one attached hydrogen (secondary N) is 2. The quantitative estimate of drug-likeness (QED) is 0.709. The van der Waals surface area contributed by atoms with Gasteiger partial charge in [0.05, 0.1) is 30.1 Å². The summed E-state index contributed by atoms with van der Waals surface area (Å²) in [6, 6.07) is 13.6. The summed E-state index contributed by atoms with van der Waals surface area (Å²) in [5.74, 6) is 0.818. The second-order valence-corrected chi connectivity index (χ2v) is 7.12. The third-order valence-corrected chi connectivity index (χ3v) is 5.37. The number of aromatic nitrogens is 1. The maximum absolute atomic E-state index is 12.5. The second kappa shape index (κ2) is 7.04. The molecule has 134 valence electrons. The fraction of sp³-hybridized carbons (Fsp3) is 0.286. The molecule has 0 fully saturated rings. The van der Waals surface area contributed by atoms with E-state index >= 15 is 0 Å². The number of H-pyrrole nitrogens is 1. The van der Waals surface area contributed by atoms with Gasteiger partial charge in [0, 0.05) is 11.1 Å². The van der Waals surface area contributed by atoms with Crippen LogP contribution in [0.15, 0.2) is 42.5 Å². The first-order valence-electron chi connectivity index (χ1n) is 8.87. The number of halogens is 1. The molecule has 1 heterocycles. The van der Waals surface area contributed by atoms with Gasteiger partial charge in [-0.3, -0.25) is 4.79 Å². The van der Waals surface area contributed by atoms with Crippen molar-refractivity contribution in [2.24, 2.45) is 0 Å². The molecular formula is C21H21ClN2O2. The maximum atomic E-state index is 12.5. The van der Waals surface area contributed by atoms with Crippen LogP contribution in [0.3, 0.4) is 0 Å². The Morgan fingerprint density at radius 2 is 2.08 bits per heavy atom. The van der Waals surface area contributed by atoms with Gasteiger partial charge >= 0.3 is 0 Å². The van der Waals surface area contributed by atoms with Gasteiger partial charge in [-0.15, -0.1) is 0 Å². The minimum atomic E-state index is 0.00738. The Hall–Kier alpha value is -2.46. The van der Waals surface area contributed by atoms with Crippen LogP contribution in [0.25, 0.3) is 10.9 Å². The smallest absolute Gasteiger partial charge is 0.224 e. The van der Waals surface area contributed by atoms with E-state index in [1.54, 1.807) is 7.11 Å². The topological polar surface area (TPSA) is 54.1 Å². The lowest BCUT2D eigenvalue weighted by Gasteiger charge is -2.24. The number of para-hydroxylation sites is 1. The van der Waals surface area contributed by atoms with Gasteiger partial charge in [0.2, 0.25) is 5.91 Å². The molecule has 4 rings (SSSR count). The summed E-state index contributed by atoms with van der Waals surface area (Å²) >= 11 is 6.33. The van der Waals surface area contributed by atoms with Crippen molar-refractivity contribution in [2.45, 2.75) is 31.7 Å². The van der Waals surface area contributed by atoms with E-state index in [1.807, 2.05) is 36.4 Å². The molecule has 0 spiro atoms. The first-order chi connectivity index (χ1) is 12.7. The molecular weight excluding hydrogens is 348 g/mol. The molecule has 2 N–H and O–H groups in total. The third-order valence-electron chi connectivity index (χ3n) is 5.05. The number of hydrogen-bond donors (Lipinski definition) is 2. The van der Waals surface area contributed by atoms with Crippen molar-refractivity contribution < 1.29 is 9.53 Å². The highest BCUT2D eigenvalue weighted by molar-refractivity contribution is 6.35. The first kappa shape index (κ1) is 17.0. The molecule has 0 radical (unpaired) electrons. The molecule has 1 aliphatic rings. The summed E-state index contributed by atoms with van der Waals surface area (Å²) in [7, 11) is 1.63. The average molecular weight is 369 g/mol. The Bertz CT molecular complexity index is 947. The highest BCUT2D eigenvalue weighted by atomic mass is 35.5. The van der Waals surface area contributed by atoms with Gasteiger partial charge in [-0.1, -0.05) is 35.9 Å². The molecule has 0 aliphatic heterocycles. The first-order valence-corrected chi connectivity index (χ1v) is 9.25. The normalized spacial score (nSPS) is 16.3. The molecule has 0 saturated carbocycles. The summed E-state index contributed by atoms with van der Waals surface area (Å²) < 4.78 is 5.16. The van der Waals surface area contributed by atoms with E-state index in [1.165, 1.54) is 10.9 Å². The van der Waals surface area contributed by atoms with Gasteiger partial charge in [-0.25, -0.2) is 0 Å². The van der Waals surface area contributed by atoms with Crippen molar-refractivity contribution in [3.63, 3.8) is 0 Å². The van der Waals surface area contributed by atoms with Crippen molar-refractivity contribution in [3.8, 4) is 5.75 Å². The molecule has 1 aliphatic carbocycles. The Kier molecular flexibility index (Phi) is 4.60. The molecule has 5 heteroatoms. The Balaban J connectivity index is 1.53. The van der Waals surface area contributed by atoms with E-state index in [9.17, 15) is 4.79 Å². The van der Waals surface area contributed by atoms with Crippen LogP contribution in [-0.4, -0.2) is 18.0 Å². The number of ether oxygens (including phenoxy) is 1. The van der Waals surface area contributed by atoms with E-state index < -0.39 is 0 Å². The van der Waals surface area contributed by atoms with Crippen molar-refractivity contribution in [1.82, 2.24) is 10.3 Å². The predicted octanol–water partition coefficient (Wildman–Crippen LogP) is 4.57. The monoisotopic (exact) mass is 368 g/mol. The number of aryl methyl sites for hydroxylation is 1. The van der Waals surface area contributed by atoms with Crippen LogP contribution in [0.2, 0.25) is 5.02 Å². The van der Waals surface area contributed by atoms with E-state index in [0.29, 0.717) is 6.42 Å². The average Bonchev–Trinajstić information content (AvgIpc) is 3.04. The van der Waals surface area contributed by atoms with E-state index in [4.69, 9.17) is 16.3 Å². The van der Waals surface area contributed by atoms with Crippen LogP contribution in [-0.2, 0) is 17.6 Å². The number of rotatable bonds is 4. The molecule has 3 aromatic rings. The Morgan fingerprint density at radius 3 is 2.85 bits per heavy atom. The molecule has 1 amide bonds. The summed E-state index contributed by atoms with van der Waals surface area (Å²) in [5.41, 5.74) is 4.32. The van der Waals surface area contributed by atoms with Crippen LogP contribution in [0.5, 0.6) is 5.75 Å². The summed E-state index contributed by atoms with van der Waals surface area (Å²) in [6.45, 7) is 0. The SMILES string of the molecule is COc1ccc(CC(=O)N[C@H]2CCCc3c2[nH]c2c(Cl)cccc32)cc1. The van der Waals surface area contributed by atoms with Gasteiger partial charge in [-0.2, -0.15) is 0 Å². The van der Waals surface area contributed by atoms with Gasteiger partial charge in [-0.05, 0) is 48.6 Å². The van der Waals surface area contributed by atoms with Crippen molar-refractivity contribution in [3.05, 3.63) is 64.3 Å². The largest absolute Gasteiger partial charge is 0.497 e. The fourth-order valence-corrected chi connectivity index (χ4v) is 3.99. The van der Waals surface area contributed by atoms with Crippen LogP contribution < -0.4 is 10.1 Å². The van der Waals surface area contributed by atoms with Gasteiger partial charge in [0.25, 0.3) is 0 Å². The van der Waals surface area contributed by atoms with Gasteiger partial charge in [0.1, 0.15) is 5.75 Å². The fourth-order valence-electron chi connectivity index (χ4n) is 3.77. The summed E-state index contributed by atoms with van der Waals surface area (Å²) in [5, 5.41) is 5.08. The standard InChI is InChI=1S/C21H21ClN2O2/c1-26-14-10-8-13(9-11-14)12-19(25)23-18-7-3-5-16-15-4-2-6-17(22)20(15)24-21(16)18/h2,4,6,8-11,18,24H,3,5,7,12H2,1H3,(H,23,25)/t18-/m0/s1. The number of aromatic amines is 1. The lowest BCUT2D eigenvalue weighted by atomic mass is 9.91. The molecule has 0 saturated heterocycles. The highest BCUT2D eigenvalue weighted by Crippen LogP contribution is 2.36. The van der Waals surface area contributed by atoms with Crippen LogP contribution in [0.4, 0.5) is 0 Å². The number of methoxy groups -OCH3 is 1. The zero-order valence-electron chi connectivity index (χ0n) is 14.6. The van der Waals surface area contributed by atoms with Crippen LogP contribution in [0, 0.1) is 0 Å². The van der Waals surface area contributed by atoms with Gasteiger partial charge < -0.3 is 15.0 Å². The molecule has 1 aromatic heterocycles. The number of carbonyl (C=O) groups is 1. The Labute approximate surface area is 157 Å². The lowest BCUT2D eigenvalue weighted by molar-refractivity contribution is -0.121.